The molecular weight excluding hydrogens is 684 g/mol. The van der Waals surface area contributed by atoms with Crippen molar-refractivity contribution < 1.29 is 57.1 Å². The summed E-state index contributed by atoms with van der Waals surface area (Å²) in [6.07, 6.45) is 7.72. The fourth-order valence-corrected chi connectivity index (χ4v) is 8.01. The minimum absolute atomic E-state index is 0.00168. The van der Waals surface area contributed by atoms with Gasteiger partial charge in [0.15, 0.2) is 0 Å². The van der Waals surface area contributed by atoms with Gasteiger partial charge in [-0.15, -0.1) is 6.58 Å². The van der Waals surface area contributed by atoms with Gasteiger partial charge in [-0.05, 0) is 51.4 Å². The van der Waals surface area contributed by atoms with Crippen molar-refractivity contribution in [2.75, 3.05) is 14.2 Å². The van der Waals surface area contributed by atoms with Crippen LogP contribution >= 0.6 is 0 Å². The molecule has 0 radical (unpaired) electrons. The zero-order valence-corrected chi connectivity index (χ0v) is 34.1. The topological polar surface area (TPSA) is 142 Å². The first-order valence-corrected chi connectivity index (χ1v) is 19.3. The number of esters is 4. The molecule has 304 valence electrons. The Morgan fingerprint density at radius 1 is 0.774 bits per heavy atom. The smallest absolute Gasteiger partial charge is 0.302 e. The molecule has 0 aromatic heterocycles. The molecule has 2 aliphatic heterocycles. The Balaban J connectivity index is 2.36. The van der Waals surface area contributed by atoms with Gasteiger partial charge in [-0.2, -0.15) is 0 Å². The van der Waals surface area contributed by atoms with Crippen LogP contribution in [0, 0.1) is 23.7 Å². The van der Waals surface area contributed by atoms with Crippen molar-refractivity contribution in [1.82, 2.24) is 0 Å². The molecule has 2 aliphatic rings. The highest BCUT2D eigenvalue weighted by atomic mass is 16.6. The van der Waals surface area contributed by atoms with Crippen molar-refractivity contribution >= 4 is 23.9 Å². The Morgan fingerprint density at radius 3 is 1.91 bits per heavy atom. The molecule has 0 bridgehead atoms. The SMILES string of the molecule is C=CC[C@@H]1C=CC[C@@H](C[C@H](OC)[C@@H](C)[C@H](C[C@@H](OC(C)=O)[C@H](C)[C@H](OC(C)=O)[C@@H](C)[C@@H](OC(C)=O)[C@@H](C)CC[C@H]2C[C@H](OC)C[C@H](C)O2)OC(C)=O)O1. The molecule has 1 fully saturated rings. The Morgan fingerprint density at radius 2 is 1.36 bits per heavy atom. The van der Waals surface area contributed by atoms with Crippen molar-refractivity contribution in [3.8, 4) is 0 Å². The lowest BCUT2D eigenvalue weighted by atomic mass is 9.78. The first-order valence-electron chi connectivity index (χ1n) is 19.3. The van der Waals surface area contributed by atoms with Crippen LogP contribution in [0.4, 0.5) is 0 Å². The second kappa shape index (κ2) is 23.2. The van der Waals surface area contributed by atoms with Gasteiger partial charge in [0, 0.05) is 72.5 Å². The number of carbonyl (C=O) groups excluding carboxylic acids is 4. The van der Waals surface area contributed by atoms with Crippen LogP contribution in [0.1, 0.15) is 114 Å². The van der Waals surface area contributed by atoms with Gasteiger partial charge in [-0.3, -0.25) is 19.2 Å². The molecule has 0 N–H and O–H groups in total. The number of hydrogen-bond acceptors (Lipinski definition) is 12. The molecule has 0 aromatic carbocycles. The van der Waals surface area contributed by atoms with Gasteiger partial charge in [0.25, 0.3) is 0 Å². The van der Waals surface area contributed by atoms with Crippen molar-refractivity contribution in [2.45, 2.75) is 175 Å². The highest BCUT2D eigenvalue weighted by Crippen LogP contribution is 2.35. The largest absolute Gasteiger partial charge is 0.462 e. The molecule has 0 aliphatic carbocycles. The summed E-state index contributed by atoms with van der Waals surface area (Å²) in [5.74, 6) is -3.56. The van der Waals surface area contributed by atoms with Crippen LogP contribution in [-0.2, 0) is 57.1 Å². The van der Waals surface area contributed by atoms with Crippen LogP contribution in [0.25, 0.3) is 0 Å². The number of carbonyl (C=O) groups is 4. The highest BCUT2D eigenvalue weighted by molar-refractivity contribution is 5.67. The van der Waals surface area contributed by atoms with Gasteiger partial charge in [0.1, 0.15) is 24.4 Å². The van der Waals surface area contributed by atoms with E-state index < -0.39 is 60.1 Å². The first-order chi connectivity index (χ1) is 25.0. The molecule has 0 amide bonds. The van der Waals surface area contributed by atoms with E-state index in [1.165, 1.54) is 27.7 Å². The van der Waals surface area contributed by atoms with E-state index in [0.717, 1.165) is 25.7 Å². The van der Waals surface area contributed by atoms with Crippen molar-refractivity contribution in [2.24, 2.45) is 23.7 Å². The molecule has 0 aromatic rings. The molecule has 0 unspecified atom stereocenters. The Kier molecular flexibility index (Phi) is 20.3. The van der Waals surface area contributed by atoms with E-state index in [9.17, 15) is 19.2 Å². The molecule has 0 spiro atoms. The lowest BCUT2D eigenvalue weighted by molar-refractivity contribution is -0.175. The van der Waals surface area contributed by atoms with Gasteiger partial charge in [0.05, 0.1) is 36.6 Å². The molecule has 1 saturated heterocycles. The molecule has 2 heterocycles. The van der Waals surface area contributed by atoms with Crippen molar-refractivity contribution in [3.05, 3.63) is 24.8 Å². The lowest BCUT2D eigenvalue weighted by Gasteiger charge is -2.40. The van der Waals surface area contributed by atoms with Gasteiger partial charge in [0.2, 0.25) is 0 Å². The number of ether oxygens (including phenoxy) is 8. The van der Waals surface area contributed by atoms with Gasteiger partial charge in [-0.1, -0.05) is 45.9 Å². The number of methoxy groups -OCH3 is 2. The number of hydrogen-bond donors (Lipinski definition) is 0. The molecule has 14 atom stereocenters. The maximum atomic E-state index is 12.6. The molecular formula is C41H68O12. The summed E-state index contributed by atoms with van der Waals surface area (Å²) >= 11 is 0. The predicted octanol–water partition coefficient (Wildman–Crippen LogP) is 6.71. The van der Waals surface area contributed by atoms with Crippen molar-refractivity contribution in [1.29, 1.82) is 0 Å². The van der Waals surface area contributed by atoms with Crippen LogP contribution < -0.4 is 0 Å². The Bertz CT molecular complexity index is 1190. The molecule has 53 heavy (non-hydrogen) atoms. The van der Waals surface area contributed by atoms with E-state index in [4.69, 9.17) is 37.9 Å². The monoisotopic (exact) mass is 752 g/mol. The minimum Gasteiger partial charge on any atom is -0.462 e. The Labute approximate surface area is 318 Å². The second-order valence-corrected chi connectivity index (χ2v) is 15.2. The Hall–Kier alpha value is -2.80. The fraction of sp³-hybridized carbons (Fsp3) is 0.805. The maximum Gasteiger partial charge on any atom is 0.302 e. The summed E-state index contributed by atoms with van der Waals surface area (Å²) in [4.78, 5) is 50.2. The summed E-state index contributed by atoms with van der Waals surface area (Å²) in [6.45, 7) is 18.9. The van der Waals surface area contributed by atoms with Crippen LogP contribution in [0.15, 0.2) is 24.8 Å². The van der Waals surface area contributed by atoms with Crippen LogP contribution in [-0.4, -0.2) is 99.1 Å². The van der Waals surface area contributed by atoms with E-state index in [0.29, 0.717) is 19.3 Å². The zero-order valence-electron chi connectivity index (χ0n) is 34.1. The zero-order chi connectivity index (χ0) is 39.8. The number of rotatable bonds is 22. The second-order valence-electron chi connectivity index (χ2n) is 15.2. The third kappa shape index (κ3) is 15.8. The highest BCUT2D eigenvalue weighted by Gasteiger charge is 2.43. The summed E-state index contributed by atoms with van der Waals surface area (Å²) in [5.41, 5.74) is 0. The minimum atomic E-state index is -0.842. The van der Waals surface area contributed by atoms with Gasteiger partial charge >= 0.3 is 23.9 Å². The normalized spacial score (nSPS) is 26.7. The standard InChI is InChI=1S/C41H68O12/c1-13-15-33-16-14-17-34(53-33)22-37(47-12)26(4)38(49-29(7)42)23-39(50-30(8)43)27(5)41(52-32(10)45)28(6)40(51-31(9)44)24(2)18-19-35-21-36(46-11)20-25(3)48-35/h13-14,16,24-28,33-41H,1,15,17-23H2,2-12H3/t24-,25-,26+,27-,28-,33+,34-,35-,36+,37-,38-,39+,40-,41-/m0/s1. The quantitative estimate of drug-likeness (QED) is 0.0660. The average molecular weight is 753 g/mol. The van der Waals surface area contributed by atoms with Crippen LogP contribution in [0.5, 0.6) is 0 Å². The van der Waals surface area contributed by atoms with Gasteiger partial charge in [-0.25, -0.2) is 0 Å². The van der Waals surface area contributed by atoms with E-state index in [2.05, 4.69) is 12.7 Å². The van der Waals surface area contributed by atoms with E-state index in [1.54, 1.807) is 14.2 Å². The fourth-order valence-electron chi connectivity index (χ4n) is 8.01. The van der Waals surface area contributed by atoms with E-state index in [-0.39, 0.29) is 54.9 Å². The lowest BCUT2D eigenvalue weighted by Crippen LogP contribution is -2.48. The predicted molar refractivity (Wildman–Crippen MR) is 200 cm³/mol. The molecule has 2 rings (SSSR count). The van der Waals surface area contributed by atoms with Crippen LogP contribution in [0.2, 0.25) is 0 Å². The molecule has 0 saturated carbocycles. The summed E-state index contributed by atoms with van der Waals surface area (Å²) in [7, 11) is 3.33. The van der Waals surface area contributed by atoms with E-state index in [1.807, 2.05) is 46.8 Å². The average Bonchev–Trinajstić information content (AvgIpc) is 3.08. The molecule has 12 heteroatoms. The van der Waals surface area contributed by atoms with Gasteiger partial charge < -0.3 is 37.9 Å². The summed E-state index contributed by atoms with van der Waals surface area (Å²) < 4.78 is 47.8. The summed E-state index contributed by atoms with van der Waals surface area (Å²) in [6, 6.07) is 0. The summed E-state index contributed by atoms with van der Waals surface area (Å²) in [5, 5.41) is 0. The maximum absolute atomic E-state index is 12.6. The molecule has 12 nitrogen and oxygen atoms in total. The third-order valence-electron chi connectivity index (χ3n) is 10.7. The first kappa shape index (κ1) is 46.4. The van der Waals surface area contributed by atoms with E-state index >= 15 is 0 Å². The van der Waals surface area contributed by atoms with Crippen molar-refractivity contribution in [3.63, 3.8) is 0 Å². The third-order valence-corrected chi connectivity index (χ3v) is 10.7. The van der Waals surface area contributed by atoms with Crippen LogP contribution in [0.3, 0.4) is 0 Å².